The zero-order chi connectivity index (χ0) is 34.1. The van der Waals surface area contributed by atoms with Gasteiger partial charge >= 0.3 is 0 Å². The molecule has 0 fully saturated rings. The fraction of sp³-hybridized carbons (Fsp3) is 0.143. The van der Waals surface area contributed by atoms with Crippen molar-refractivity contribution in [2.75, 3.05) is 4.90 Å². The first kappa shape index (κ1) is 30.0. The lowest BCUT2D eigenvalue weighted by atomic mass is 9.64. The summed E-state index contributed by atoms with van der Waals surface area (Å²) in [7, 11) is 0. The van der Waals surface area contributed by atoms with Crippen LogP contribution >= 0.6 is 0 Å². The summed E-state index contributed by atoms with van der Waals surface area (Å²) in [5.41, 5.74) is 10.3. The normalized spacial score (nSPS) is 13.7. The lowest BCUT2D eigenvalue weighted by Crippen LogP contribution is -2.35. The Labute approximate surface area is 299 Å². The van der Waals surface area contributed by atoms with Gasteiger partial charge in [-0.25, -0.2) is 0 Å². The number of anilines is 3. The van der Waals surface area contributed by atoms with Crippen molar-refractivity contribution in [1.82, 2.24) is 4.57 Å². The Balaban J connectivity index is 1.34. The van der Waals surface area contributed by atoms with Gasteiger partial charge < -0.3 is 9.47 Å². The van der Waals surface area contributed by atoms with Gasteiger partial charge in [-0.05, 0) is 105 Å². The Morgan fingerprint density at radius 3 is 1.69 bits per heavy atom. The maximum Gasteiger partial charge on any atom is 0.0545 e. The van der Waals surface area contributed by atoms with Crippen molar-refractivity contribution in [1.29, 1.82) is 0 Å². The molecule has 1 aliphatic heterocycles. The van der Waals surface area contributed by atoms with Crippen LogP contribution in [0.4, 0.5) is 17.1 Å². The first-order valence-corrected chi connectivity index (χ1v) is 18.6. The lowest BCUT2D eigenvalue weighted by Gasteiger charge is -2.46. The monoisotopic (exact) mass is 656 g/mol. The summed E-state index contributed by atoms with van der Waals surface area (Å²) in [6.07, 6.45) is 4.42. The van der Waals surface area contributed by atoms with Crippen LogP contribution in [0.15, 0.2) is 158 Å². The molecule has 51 heavy (non-hydrogen) atoms. The van der Waals surface area contributed by atoms with Crippen LogP contribution in [0.25, 0.3) is 59.8 Å². The molecule has 0 aliphatic carbocycles. The molecule has 0 N–H and O–H groups in total. The summed E-state index contributed by atoms with van der Waals surface area (Å²) >= 11 is 0. The number of nitrogens with zero attached hydrogens (tertiary/aromatic N) is 2. The van der Waals surface area contributed by atoms with E-state index in [0.29, 0.717) is 0 Å². The SMILES string of the molecule is CCCC1(CCC)c2ccccc2N(c2ccccc2)c2ccc3c(c21)c1ccccc1n3-c1ccc2c3ccccc3c3ccccc3c2c1. The van der Waals surface area contributed by atoms with Gasteiger partial charge in [0.15, 0.2) is 0 Å². The highest BCUT2D eigenvalue weighted by molar-refractivity contribution is 6.25. The third-order valence-corrected chi connectivity index (χ3v) is 11.6. The predicted octanol–water partition coefficient (Wildman–Crippen LogP) is 13.9. The Hall–Kier alpha value is -5.86. The fourth-order valence-corrected chi connectivity index (χ4v) is 9.72. The van der Waals surface area contributed by atoms with E-state index in [9.17, 15) is 0 Å². The number of hydrogen-bond acceptors (Lipinski definition) is 1. The number of aromatic nitrogens is 1. The molecule has 0 atom stereocenters. The van der Waals surface area contributed by atoms with Gasteiger partial charge in [0.05, 0.1) is 22.4 Å². The van der Waals surface area contributed by atoms with Gasteiger partial charge in [-0.3, -0.25) is 0 Å². The molecule has 0 amide bonds. The topological polar surface area (TPSA) is 8.17 Å². The molecule has 0 unspecified atom stereocenters. The Morgan fingerprint density at radius 1 is 0.431 bits per heavy atom. The molecule has 0 bridgehead atoms. The van der Waals surface area contributed by atoms with Crippen LogP contribution in [0, 0.1) is 0 Å². The molecule has 8 aromatic carbocycles. The van der Waals surface area contributed by atoms with Crippen molar-refractivity contribution >= 4 is 71.2 Å². The summed E-state index contributed by atoms with van der Waals surface area (Å²) < 4.78 is 2.53. The van der Waals surface area contributed by atoms with Crippen molar-refractivity contribution < 1.29 is 0 Å². The Bertz CT molecular complexity index is 2750. The van der Waals surface area contributed by atoms with Crippen molar-refractivity contribution in [3.63, 3.8) is 0 Å². The average molecular weight is 657 g/mol. The summed E-state index contributed by atoms with van der Waals surface area (Å²) in [6.45, 7) is 4.71. The Morgan fingerprint density at radius 2 is 1.00 bits per heavy atom. The molecule has 1 aliphatic rings. The van der Waals surface area contributed by atoms with Crippen LogP contribution in [0.2, 0.25) is 0 Å². The van der Waals surface area contributed by atoms with E-state index < -0.39 is 0 Å². The minimum Gasteiger partial charge on any atom is -0.310 e. The van der Waals surface area contributed by atoms with Gasteiger partial charge in [0.25, 0.3) is 0 Å². The molecule has 2 heteroatoms. The second-order valence-electron chi connectivity index (χ2n) is 14.3. The standard InChI is InChI=1S/C49H40N2/c1-3-30-49(31-4-2)42-23-13-15-25-44(42)50(33-16-6-5-7-17-33)46-29-28-45-47(48(46)49)40-22-12-14-24-43(40)51(45)34-26-27-39-37-20-9-8-18-35(37)36-19-10-11-21-38(36)41(39)32-34/h5-29,32H,3-4,30-31H2,1-2H3. The van der Waals surface area contributed by atoms with Gasteiger partial charge in [0, 0.05) is 27.6 Å². The van der Waals surface area contributed by atoms with Gasteiger partial charge in [-0.2, -0.15) is 0 Å². The molecular weight excluding hydrogens is 617 g/mol. The van der Waals surface area contributed by atoms with Crippen LogP contribution in [0.5, 0.6) is 0 Å². The van der Waals surface area contributed by atoms with E-state index in [1.54, 1.807) is 0 Å². The summed E-state index contributed by atoms with van der Waals surface area (Å²) in [4.78, 5) is 2.52. The number of benzene rings is 8. The lowest BCUT2D eigenvalue weighted by molar-refractivity contribution is 0.426. The highest BCUT2D eigenvalue weighted by Crippen LogP contribution is 2.58. The Kier molecular flexibility index (Phi) is 6.83. The van der Waals surface area contributed by atoms with Crippen LogP contribution < -0.4 is 4.90 Å². The van der Waals surface area contributed by atoms with Gasteiger partial charge in [-0.1, -0.05) is 136 Å². The van der Waals surface area contributed by atoms with Crippen molar-refractivity contribution in [3.8, 4) is 5.69 Å². The zero-order valence-electron chi connectivity index (χ0n) is 29.2. The van der Waals surface area contributed by atoms with Crippen LogP contribution in [0.3, 0.4) is 0 Å². The third-order valence-electron chi connectivity index (χ3n) is 11.6. The van der Waals surface area contributed by atoms with E-state index in [0.717, 1.165) is 25.7 Å². The summed E-state index contributed by atoms with van der Waals surface area (Å²) in [6, 6.07) is 58.9. The summed E-state index contributed by atoms with van der Waals surface area (Å²) in [5, 5.41) is 10.5. The first-order chi connectivity index (χ1) is 25.2. The van der Waals surface area contributed by atoms with E-state index in [4.69, 9.17) is 0 Å². The largest absolute Gasteiger partial charge is 0.310 e. The second kappa shape index (κ2) is 11.6. The highest BCUT2D eigenvalue weighted by atomic mass is 15.2. The van der Waals surface area contributed by atoms with E-state index in [1.807, 2.05) is 0 Å². The second-order valence-corrected chi connectivity index (χ2v) is 14.3. The molecule has 1 aromatic heterocycles. The molecule has 2 heterocycles. The predicted molar refractivity (Wildman–Crippen MR) is 219 cm³/mol. The van der Waals surface area contributed by atoms with Crippen molar-refractivity contribution in [3.05, 3.63) is 169 Å². The van der Waals surface area contributed by atoms with Gasteiger partial charge in [0.2, 0.25) is 0 Å². The molecule has 0 saturated heterocycles. The van der Waals surface area contributed by atoms with Crippen LogP contribution in [-0.2, 0) is 5.41 Å². The first-order valence-electron chi connectivity index (χ1n) is 18.6. The van der Waals surface area contributed by atoms with E-state index >= 15 is 0 Å². The van der Waals surface area contributed by atoms with Gasteiger partial charge in [0.1, 0.15) is 0 Å². The molecule has 0 saturated carbocycles. The molecular formula is C49H40N2. The number of hydrogen-bond donors (Lipinski definition) is 0. The van der Waals surface area contributed by atoms with E-state index in [2.05, 4.69) is 181 Å². The smallest absolute Gasteiger partial charge is 0.0545 e. The molecule has 0 spiro atoms. The molecule has 9 aromatic rings. The fourth-order valence-electron chi connectivity index (χ4n) is 9.72. The van der Waals surface area contributed by atoms with E-state index in [-0.39, 0.29) is 5.41 Å². The maximum absolute atomic E-state index is 2.53. The number of fused-ring (bicyclic) bond motifs is 12. The van der Waals surface area contributed by atoms with Crippen LogP contribution in [0.1, 0.15) is 50.7 Å². The van der Waals surface area contributed by atoms with Crippen molar-refractivity contribution in [2.24, 2.45) is 0 Å². The average Bonchev–Trinajstić information content (AvgIpc) is 3.53. The van der Waals surface area contributed by atoms with E-state index in [1.165, 1.54) is 88.0 Å². The van der Waals surface area contributed by atoms with Crippen molar-refractivity contribution in [2.45, 2.75) is 44.9 Å². The maximum atomic E-state index is 2.53. The number of rotatable bonds is 6. The molecule has 2 nitrogen and oxygen atoms in total. The van der Waals surface area contributed by atoms with Crippen LogP contribution in [-0.4, -0.2) is 4.57 Å². The summed E-state index contributed by atoms with van der Waals surface area (Å²) in [5.74, 6) is 0. The molecule has 0 radical (unpaired) electrons. The third kappa shape index (κ3) is 4.23. The molecule has 10 rings (SSSR count). The molecule has 246 valence electrons. The minimum atomic E-state index is -0.117. The zero-order valence-corrected chi connectivity index (χ0v) is 29.2. The number of para-hydroxylation sites is 3. The van der Waals surface area contributed by atoms with Gasteiger partial charge in [-0.15, -0.1) is 0 Å². The quantitative estimate of drug-likeness (QED) is 0.162. The highest BCUT2D eigenvalue weighted by Gasteiger charge is 2.44. The minimum absolute atomic E-state index is 0.117.